The van der Waals surface area contributed by atoms with Crippen molar-refractivity contribution in [2.45, 2.75) is 187 Å². The average molecular weight is 2180 g/mol. The van der Waals surface area contributed by atoms with Gasteiger partial charge in [-0.3, -0.25) is 4.79 Å². The summed E-state index contributed by atoms with van der Waals surface area (Å²) in [5, 5.41) is 2.77. The first kappa shape index (κ1) is 147. The minimum absolute atomic E-state index is 0.118. The quantitative estimate of drug-likeness (QED) is 0.0553. The van der Waals surface area contributed by atoms with E-state index in [0.717, 1.165) is 19.3 Å². The van der Waals surface area contributed by atoms with Crippen molar-refractivity contribution in [2.75, 3.05) is 509 Å². The molecule has 0 rings (SSSR count). The van der Waals surface area contributed by atoms with E-state index in [2.05, 4.69) is 19.2 Å². The Morgan fingerprint density at radius 3 is 0.453 bits per heavy atom. The second-order valence-corrected chi connectivity index (χ2v) is 34.4. The van der Waals surface area contributed by atoms with Gasteiger partial charge >= 0.3 is 6.09 Å². The summed E-state index contributed by atoms with van der Waals surface area (Å²) in [6, 6.07) is 0. The molecule has 0 aromatic heterocycles. The van der Waals surface area contributed by atoms with Crippen LogP contribution in [0.4, 0.5) is 4.79 Å². The third-order valence-corrected chi connectivity index (χ3v) is 21.3. The van der Waals surface area contributed by atoms with Crippen LogP contribution in [-0.4, -0.2) is 527 Å². The summed E-state index contributed by atoms with van der Waals surface area (Å²) in [4.78, 5) is 23.4. The van der Waals surface area contributed by atoms with Gasteiger partial charge in [-0.2, -0.15) is 0 Å². The van der Waals surface area contributed by atoms with Gasteiger partial charge in [0.1, 0.15) is 18.5 Å². The van der Waals surface area contributed by atoms with Crippen molar-refractivity contribution in [1.29, 1.82) is 0 Å². The number of hydrogen-bond donors (Lipinski definition) is 1. The maximum absolute atomic E-state index is 12.5. The van der Waals surface area contributed by atoms with Crippen LogP contribution in [0.1, 0.15) is 181 Å². The smallest absolute Gasteiger partial charge is 0.407 e. The fourth-order valence-corrected chi connectivity index (χ4v) is 13.1. The van der Waals surface area contributed by atoms with Crippen LogP contribution in [-0.2, 0) is 190 Å². The molecule has 0 unspecified atom stereocenters. The van der Waals surface area contributed by atoms with Gasteiger partial charge in [0.25, 0.3) is 0 Å². The number of hydrogen-bond acceptors (Lipinski definition) is 41. The molecule has 1 atom stereocenters. The largest absolute Gasteiger partial charge is 0.447 e. The zero-order chi connectivity index (χ0) is 107. The molecule has 42 nitrogen and oxygen atoms in total. The summed E-state index contributed by atoms with van der Waals surface area (Å²) >= 11 is 0. The molecular weight excluding hydrogens is 1970 g/mol. The van der Waals surface area contributed by atoms with E-state index in [1.54, 1.807) is 6.92 Å². The zero-order valence-corrected chi connectivity index (χ0v) is 93.9. The summed E-state index contributed by atoms with van der Waals surface area (Å²) in [6.45, 7) is 42.2. The molecule has 898 valence electrons. The summed E-state index contributed by atoms with van der Waals surface area (Å²) in [5.41, 5.74) is 0. The van der Waals surface area contributed by atoms with Crippen molar-refractivity contribution in [3.63, 3.8) is 0 Å². The van der Waals surface area contributed by atoms with Crippen LogP contribution in [0, 0.1) is 0 Å². The number of nitrogens with one attached hydrogen (secondary N) is 1. The van der Waals surface area contributed by atoms with E-state index in [9.17, 15) is 9.59 Å². The monoisotopic (exact) mass is 2180 g/mol. The van der Waals surface area contributed by atoms with Crippen LogP contribution < -0.4 is 5.32 Å². The first-order chi connectivity index (χ1) is 74.6. The number of ether oxygens (including phenoxy) is 39. The number of rotatable bonds is 142. The highest BCUT2D eigenvalue weighted by molar-refractivity contribution is 5.75. The lowest BCUT2D eigenvalue weighted by molar-refractivity contribution is -0.118. The number of ketones is 1. The van der Waals surface area contributed by atoms with Crippen LogP contribution >= 0.6 is 0 Å². The number of carbonyl (C=O) groups is 2. The molecule has 1 amide bonds. The second kappa shape index (κ2) is 141. The lowest BCUT2D eigenvalue weighted by Gasteiger charge is -2.18. The first-order valence-corrected chi connectivity index (χ1v) is 57.0. The van der Waals surface area contributed by atoms with Crippen LogP contribution in [0.25, 0.3) is 0 Å². The molecule has 0 heterocycles. The molecule has 42 heteroatoms. The fourth-order valence-electron chi connectivity index (χ4n) is 13.1. The van der Waals surface area contributed by atoms with Crippen molar-refractivity contribution in [3.05, 3.63) is 0 Å². The van der Waals surface area contributed by atoms with Crippen LogP contribution in [0.2, 0.25) is 0 Å². The van der Waals surface area contributed by atoms with Gasteiger partial charge in [0.05, 0.1) is 482 Å². The number of amides is 1. The van der Waals surface area contributed by atoms with Gasteiger partial charge in [0, 0.05) is 26.2 Å². The number of Topliss-reactive ketones (excluding diaryl/α,β-unsaturated/α-hetero) is 1. The van der Waals surface area contributed by atoms with Crippen LogP contribution in [0.5, 0.6) is 0 Å². The maximum atomic E-state index is 12.5. The van der Waals surface area contributed by atoms with Crippen LogP contribution in [0.3, 0.4) is 0 Å². The van der Waals surface area contributed by atoms with Crippen molar-refractivity contribution in [1.82, 2.24) is 5.32 Å². The molecule has 0 aromatic rings. The number of alkyl carbamates (subject to hydrolysis) is 1. The maximum Gasteiger partial charge on any atom is 0.407 e. The predicted octanol–water partition coefficient (Wildman–Crippen LogP) is 11.1. The van der Waals surface area contributed by atoms with Crippen molar-refractivity contribution in [3.8, 4) is 0 Å². The van der Waals surface area contributed by atoms with E-state index in [-0.39, 0.29) is 18.5 Å². The van der Waals surface area contributed by atoms with Crippen molar-refractivity contribution < 1.29 is 194 Å². The molecule has 0 fully saturated rings. The van der Waals surface area contributed by atoms with Gasteiger partial charge < -0.3 is 190 Å². The van der Waals surface area contributed by atoms with Gasteiger partial charge in [0.15, 0.2) is 0 Å². The molecule has 0 aliphatic rings. The van der Waals surface area contributed by atoms with Crippen molar-refractivity contribution >= 4 is 11.9 Å². The molecule has 0 saturated carbocycles. The van der Waals surface area contributed by atoms with Gasteiger partial charge in [-0.05, 0) is 19.8 Å². The van der Waals surface area contributed by atoms with Gasteiger partial charge in [-0.15, -0.1) is 0 Å². The summed E-state index contributed by atoms with van der Waals surface area (Å²) < 4.78 is 217. The SMILES string of the molecule is CCCCCCCCCCCCCCOC[C@H](COC(=O)NCCOCCOCCOCCOCCOCCOCCOCCOCCOCCOCCOCCOCCOCCOCCOCCOCCOCCOCCOCCOCCOCCOCCOCCOCCOCCOCCOCCOCCOCCOCCOCCOCCOCCOCCOCCOCCC(C)=O)OCCCCCCCCCCCCCC. The lowest BCUT2D eigenvalue weighted by atomic mass is 10.1. The Kier molecular flexibility index (Phi) is 138. The fraction of sp³-hybridized carbons (Fsp3) is 0.981. The van der Waals surface area contributed by atoms with Gasteiger partial charge in [-0.25, -0.2) is 4.79 Å². The minimum Gasteiger partial charge on any atom is -0.447 e. The predicted molar refractivity (Wildman–Crippen MR) is 567 cm³/mol. The molecule has 1 N–H and O–H groups in total. The summed E-state index contributed by atoms with van der Waals surface area (Å²) in [7, 11) is 0. The highest BCUT2D eigenvalue weighted by Gasteiger charge is 2.15. The first-order valence-electron chi connectivity index (χ1n) is 57.0. The Morgan fingerprint density at radius 1 is 0.153 bits per heavy atom. The molecule has 0 bridgehead atoms. The summed E-state index contributed by atoms with van der Waals surface area (Å²) in [5.74, 6) is 0.118. The molecular formula is C108H215NO41. The Labute approximate surface area is 903 Å². The minimum atomic E-state index is -0.486. The van der Waals surface area contributed by atoms with E-state index < -0.39 is 6.09 Å². The van der Waals surface area contributed by atoms with E-state index >= 15 is 0 Å². The molecule has 0 saturated heterocycles. The second-order valence-electron chi connectivity index (χ2n) is 34.4. The van der Waals surface area contributed by atoms with Gasteiger partial charge in [-0.1, -0.05) is 155 Å². The number of carbonyl (C=O) groups excluding carboxylic acids is 2. The van der Waals surface area contributed by atoms with E-state index in [1.807, 2.05) is 0 Å². The van der Waals surface area contributed by atoms with Crippen molar-refractivity contribution in [2.24, 2.45) is 0 Å². The van der Waals surface area contributed by atoms with E-state index in [1.165, 1.54) is 135 Å². The average Bonchev–Trinajstić information content (AvgIpc) is 0.970. The normalized spacial score (nSPS) is 12.0. The molecule has 0 aliphatic heterocycles. The molecule has 0 radical (unpaired) electrons. The third-order valence-electron chi connectivity index (χ3n) is 21.3. The number of unbranched alkanes of at least 4 members (excludes halogenated alkanes) is 22. The molecule has 150 heavy (non-hydrogen) atoms. The highest BCUT2D eigenvalue weighted by atomic mass is 16.6. The standard InChI is InChI=1S/C108H215NO41/c1-4-6-8-10-12-14-16-18-20-22-24-26-30-148-104-107(149-31-27-25-23-21-19-17-15-13-11-9-7-5-2)105-150-108(111)109-29-33-113-35-37-115-39-41-117-43-45-119-47-49-121-51-53-123-55-57-125-59-61-127-63-65-129-67-69-131-71-73-133-75-77-135-79-81-137-83-85-139-87-89-141-91-93-143-95-97-145-99-101-147-103-102-146-100-98-144-96-94-142-92-90-140-88-86-138-84-82-136-80-78-134-76-74-132-72-70-130-68-66-128-64-62-126-60-58-124-56-54-122-52-50-120-48-46-118-44-42-116-40-38-114-36-34-112-32-28-106(3)110/h107H,4-105H2,1-3H3,(H,109,111)/t107-/m1/s1. The Balaban J connectivity index is 3.28. The molecule has 0 spiro atoms. The van der Waals surface area contributed by atoms with E-state index in [4.69, 9.17) is 185 Å². The Hall–Kier alpha value is -2.58. The molecule has 0 aromatic carbocycles. The van der Waals surface area contributed by atoms with Crippen LogP contribution in [0.15, 0.2) is 0 Å². The lowest BCUT2D eigenvalue weighted by Crippen LogP contribution is -2.33. The Morgan fingerprint density at radius 2 is 0.293 bits per heavy atom. The third kappa shape index (κ3) is 140. The molecule has 0 aliphatic carbocycles. The highest BCUT2D eigenvalue weighted by Crippen LogP contribution is 2.15. The topological polar surface area (TPSA) is 406 Å². The Bertz CT molecular complexity index is 2380. The van der Waals surface area contributed by atoms with Gasteiger partial charge in [0.2, 0.25) is 0 Å². The zero-order valence-electron chi connectivity index (χ0n) is 93.9. The summed E-state index contributed by atoms with van der Waals surface area (Å²) in [6.07, 6.45) is 30.9. The van der Waals surface area contributed by atoms with E-state index in [0.29, 0.717) is 508 Å².